The number of benzene rings is 1. The zero-order valence-corrected chi connectivity index (χ0v) is 9.26. The molecule has 4 N–H and O–H groups in total. The van der Waals surface area contributed by atoms with Crippen molar-refractivity contribution in [3.05, 3.63) is 59.3 Å². The first-order valence-corrected chi connectivity index (χ1v) is 5.25. The molecule has 0 radical (unpaired) electrons. The zero-order valence-electron chi connectivity index (χ0n) is 9.26. The third-order valence-corrected chi connectivity index (χ3v) is 2.49. The van der Waals surface area contributed by atoms with E-state index in [1.54, 1.807) is 12.3 Å². The molecule has 0 saturated carbocycles. The van der Waals surface area contributed by atoms with Gasteiger partial charge in [-0.3, -0.25) is 4.79 Å². The Kier molecular flexibility index (Phi) is 3.05. The summed E-state index contributed by atoms with van der Waals surface area (Å²) >= 11 is 0. The molecular weight excluding hydrogens is 214 g/mol. The molecule has 0 aliphatic rings. The monoisotopic (exact) mass is 227 g/mol. The number of carbonyl (C=O) groups excluding carboxylic acids is 1. The summed E-state index contributed by atoms with van der Waals surface area (Å²) in [5.41, 5.74) is 13.1. The van der Waals surface area contributed by atoms with Gasteiger partial charge in [0.15, 0.2) is 0 Å². The van der Waals surface area contributed by atoms with E-state index in [1.165, 1.54) is 0 Å². The number of hydrogen-bond donors (Lipinski definition) is 2. The van der Waals surface area contributed by atoms with Crippen molar-refractivity contribution in [1.82, 2.24) is 4.98 Å². The van der Waals surface area contributed by atoms with Crippen LogP contribution in [0.5, 0.6) is 0 Å². The number of nitrogens with zero attached hydrogens (tertiary/aromatic N) is 1. The molecule has 0 bridgehead atoms. The van der Waals surface area contributed by atoms with E-state index >= 15 is 0 Å². The average Bonchev–Trinajstić information content (AvgIpc) is 2.32. The van der Waals surface area contributed by atoms with Crippen molar-refractivity contribution in [2.45, 2.75) is 6.42 Å². The minimum atomic E-state index is -0.551. The SMILES string of the molecule is NC(=O)c1cc(Cc2ccccc2)cnc1N. The number of nitrogens with two attached hydrogens (primary N) is 2. The average molecular weight is 227 g/mol. The molecule has 1 heterocycles. The predicted molar refractivity (Wildman–Crippen MR) is 66.4 cm³/mol. The highest BCUT2D eigenvalue weighted by molar-refractivity contribution is 5.97. The smallest absolute Gasteiger partial charge is 0.252 e. The van der Waals surface area contributed by atoms with Gasteiger partial charge in [-0.05, 0) is 23.6 Å². The molecule has 4 nitrogen and oxygen atoms in total. The van der Waals surface area contributed by atoms with Crippen LogP contribution in [0, 0.1) is 0 Å². The van der Waals surface area contributed by atoms with Gasteiger partial charge in [-0.15, -0.1) is 0 Å². The van der Waals surface area contributed by atoms with Crippen LogP contribution in [0.1, 0.15) is 21.5 Å². The fourth-order valence-corrected chi connectivity index (χ4v) is 1.64. The van der Waals surface area contributed by atoms with Gasteiger partial charge < -0.3 is 11.5 Å². The first-order chi connectivity index (χ1) is 8.16. The lowest BCUT2D eigenvalue weighted by Crippen LogP contribution is -2.15. The van der Waals surface area contributed by atoms with Gasteiger partial charge in [0, 0.05) is 6.20 Å². The normalized spacial score (nSPS) is 10.1. The second-order valence-electron chi connectivity index (χ2n) is 3.80. The van der Waals surface area contributed by atoms with E-state index in [2.05, 4.69) is 4.98 Å². The zero-order chi connectivity index (χ0) is 12.3. The fourth-order valence-electron chi connectivity index (χ4n) is 1.64. The number of anilines is 1. The van der Waals surface area contributed by atoms with Crippen LogP contribution in [0.15, 0.2) is 42.6 Å². The summed E-state index contributed by atoms with van der Waals surface area (Å²) < 4.78 is 0. The molecule has 2 rings (SSSR count). The van der Waals surface area contributed by atoms with Crippen molar-refractivity contribution in [2.24, 2.45) is 5.73 Å². The first-order valence-electron chi connectivity index (χ1n) is 5.25. The van der Waals surface area contributed by atoms with Crippen LogP contribution < -0.4 is 11.5 Å². The Morgan fingerprint density at radius 2 is 1.88 bits per heavy atom. The molecule has 0 spiro atoms. The number of aromatic nitrogens is 1. The maximum atomic E-state index is 11.1. The van der Waals surface area contributed by atoms with E-state index < -0.39 is 5.91 Å². The number of amides is 1. The van der Waals surface area contributed by atoms with Crippen LogP contribution in [0.25, 0.3) is 0 Å². The second kappa shape index (κ2) is 4.65. The molecular formula is C13H13N3O. The second-order valence-corrected chi connectivity index (χ2v) is 3.80. The molecule has 0 unspecified atom stereocenters. The number of nitrogen functional groups attached to an aromatic ring is 1. The molecule has 0 aliphatic carbocycles. The van der Waals surface area contributed by atoms with Gasteiger partial charge in [0.05, 0.1) is 5.56 Å². The highest BCUT2D eigenvalue weighted by Gasteiger charge is 2.08. The van der Waals surface area contributed by atoms with Gasteiger partial charge >= 0.3 is 0 Å². The molecule has 0 atom stereocenters. The number of carbonyl (C=O) groups is 1. The van der Waals surface area contributed by atoms with Gasteiger partial charge in [0.1, 0.15) is 5.82 Å². The number of hydrogen-bond acceptors (Lipinski definition) is 3. The van der Waals surface area contributed by atoms with E-state index in [0.29, 0.717) is 6.42 Å². The number of primary amides is 1. The van der Waals surface area contributed by atoms with Crippen LogP contribution in [0.2, 0.25) is 0 Å². The van der Waals surface area contributed by atoms with Crippen molar-refractivity contribution in [1.29, 1.82) is 0 Å². The predicted octanol–water partition coefficient (Wildman–Crippen LogP) is 1.35. The Labute approximate surface area is 99.3 Å². The van der Waals surface area contributed by atoms with Crippen LogP contribution in [-0.4, -0.2) is 10.9 Å². The largest absolute Gasteiger partial charge is 0.383 e. The van der Waals surface area contributed by atoms with Crippen molar-refractivity contribution in [3.63, 3.8) is 0 Å². The molecule has 1 amide bonds. The number of rotatable bonds is 3. The molecule has 4 heteroatoms. The third-order valence-electron chi connectivity index (χ3n) is 2.49. The van der Waals surface area contributed by atoms with Crippen LogP contribution in [0.3, 0.4) is 0 Å². The fraction of sp³-hybridized carbons (Fsp3) is 0.0769. The van der Waals surface area contributed by atoms with E-state index in [0.717, 1.165) is 11.1 Å². The summed E-state index contributed by atoms with van der Waals surface area (Å²) in [5.74, 6) is -0.376. The molecule has 0 aliphatic heterocycles. The van der Waals surface area contributed by atoms with Gasteiger partial charge in [0.2, 0.25) is 0 Å². The Hall–Kier alpha value is -2.36. The Bertz CT molecular complexity index is 538. The lowest BCUT2D eigenvalue weighted by molar-refractivity contribution is 0.100. The Balaban J connectivity index is 2.29. The van der Waals surface area contributed by atoms with Crippen molar-refractivity contribution >= 4 is 11.7 Å². The minimum absolute atomic E-state index is 0.175. The van der Waals surface area contributed by atoms with Crippen molar-refractivity contribution in [3.8, 4) is 0 Å². The van der Waals surface area contributed by atoms with Crippen LogP contribution >= 0.6 is 0 Å². The molecule has 17 heavy (non-hydrogen) atoms. The number of pyridine rings is 1. The molecule has 0 saturated heterocycles. The van der Waals surface area contributed by atoms with E-state index in [1.807, 2.05) is 30.3 Å². The van der Waals surface area contributed by atoms with E-state index in [4.69, 9.17) is 11.5 Å². The Morgan fingerprint density at radius 3 is 2.53 bits per heavy atom. The van der Waals surface area contributed by atoms with Gasteiger partial charge in [-0.1, -0.05) is 30.3 Å². The standard InChI is InChI=1S/C13H13N3O/c14-12-11(13(15)17)7-10(8-16-12)6-9-4-2-1-3-5-9/h1-5,7-8H,6H2,(H2,14,16)(H2,15,17). The molecule has 86 valence electrons. The summed E-state index contributed by atoms with van der Waals surface area (Å²) in [5, 5.41) is 0. The van der Waals surface area contributed by atoms with Gasteiger partial charge in [0.25, 0.3) is 5.91 Å². The van der Waals surface area contributed by atoms with Gasteiger partial charge in [-0.2, -0.15) is 0 Å². The summed E-state index contributed by atoms with van der Waals surface area (Å²) in [4.78, 5) is 15.1. The molecule has 1 aromatic heterocycles. The summed E-state index contributed by atoms with van der Waals surface area (Å²) in [6.45, 7) is 0. The van der Waals surface area contributed by atoms with Crippen LogP contribution in [0.4, 0.5) is 5.82 Å². The highest BCUT2D eigenvalue weighted by atomic mass is 16.1. The third kappa shape index (κ3) is 2.60. The topological polar surface area (TPSA) is 82.0 Å². The lowest BCUT2D eigenvalue weighted by Gasteiger charge is -2.05. The summed E-state index contributed by atoms with van der Waals surface area (Å²) in [6.07, 6.45) is 2.36. The first kappa shape index (κ1) is 11.1. The van der Waals surface area contributed by atoms with Crippen LogP contribution in [-0.2, 0) is 6.42 Å². The van der Waals surface area contributed by atoms with Crippen molar-refractivity contribution in [2.75, 3.05) is 5.73 Å². The quantitative estimate of drug-likeness (QED) is 0.830. The maximum Gasteiger partial charge on any atom is 0.252 e. The maximum absolute atomic E-state index is 11.1. The Morgan fingerprint density at radius 1 is 1.18 bits per heavy atom. The molecule has 2 aromatic rings. The van der Waals surface area contributed by atoms with E-state index in [-0.39, 0.29) is 11.4 Å². The highest BCUT2D eigenvalue weighted by Crippen LogP contribution is 2.13. The molecule has 1 aromatic carbocycles. The summed E-state index contributed by atoms with van der Waals surface area (Å²) in [7, 11) is 0. The van der Waals surface area contributed by atoms with Gasteiger partial charge in [-0.25, -0.2) is 4.98 Å². The summed E-state index contributed by atoms with van der Waals surface area (Å²) in [6, 6.07) is 11.6. The minimum Gasteiger partial charge on any atom is -0.383 e. The lowest BCUT2D eigenvalue weighted by atomic mass is 10.0. The molecule has 0 fully saturated rings. The van der Waals surface area contributed by atoms with Crippen molar-refractivity contribution < 1.29 is 4.79 Å². The van der Waals surface area contributed by atoms with E-state index in [9.17, 15) is 4.79 Å².